The van der Waals surface area contributed by atoms with Crippen molar-refractivity contribution >= 4 is 24.1 Å². The SMILES string of the molecule is CN1CCn2nc(Nc3ccn(C)c(=O)c3B3OC(C)(C)C(C)(C)O3)cc2C1. The van der Waals surface area contributed by atoms with E-state index in [1.807, 2.05) is 44.5 Å². The van der Waals surface area contributed by atoms with Crippen molar-refractivity contribution in [2.45, 2.75) is 52.0 Å². The van der Waals surface area contributed by atoms with E-state index in [-0.39, 0.29) is 5.56 Å². The molecule has 4 heterocycles. The van der Waals surface area contributed by atoms with Gasteiger partial charge in [-0.2, -0.15) is 5.10 Å². The van der Waals surface area contributed by atoms with E-state index in [1.54, 1.807) is 17.8 Å². The van der Waals surface area contributed by atoms with E-state index < -0.39 is 18.3 Å². The van der Waals surface area contributed by atoms with Crippen LogP contribution < -0.4 is 16.3 Å². The van der Waals surface area contributed by atoms with Gasteiger partial charge < -0.3 is 19.2 Å². The summed E-state index contributed by atoms with van der Waals surface area (Å²) in [6, 6.07) is 3.90. The Balaban J connectivity index is 1.70. The van der Waals surface area contributed by atoms with Crippen LogP contribution in [0.5, 0.6) is 0 Å². The average molecular weight is 385 g/mol. The molecule has 1 fully saturated rings. The Morgan fingerprint density at radius 2 is 1.82 bits per heavy atom. The number of nitrogens with one attached hydrogen (secondary N) is 1. The fourth-order valence-electron chi connectivity index (χ4n) is 3.54. The molecule has 2 aliphatic rings. The second-order valence-corrected chi connectivity index (χ2v) is 8.75. The molecule has 28 heavy (non-hydrogen) atoms. The first-order valence-corrected chi connectivity index (χ1v) is 9.65. The molecule has 0 aromatic carbocycles. The van der Waals surface area contributed by atoms with Crippen LogP contribution in [0.15, 0.2) is 23.1 Å². The molecular weight excluding hydrogens is 357 g/mol. The topological polar surface area (TPSA) is 73.6 Å². The molecule has 8 nitrogen and oxygen atoms in total. The van der Waals surface area contributed by atoms with Crippen molar-refractivity contribution in [2.24, 2.45) is 7.05 Å². The fourth-order valence-corrected chi connectivity index (χ4v) is 3.54. The van der Waals surface area contributed by atoms with Gasteiger partial charge in [0.2, 0.25) is 0 Å². The standard InChI is InChI=1S/C19H28BN5O3/c1-18(2)19(3,4)28-20(27-18)16-14(7-8-24(6)17(16)26)21-15-11-13-12-23(5)9-10-25(13)22-15/h7-8,11H,9-10,12H2,1-6H3,(H,21,22). The molecule has 9 heteroatoms. The summed E-state index contributed by atoms with van der Waals surface area (Å²) in [5, 5.41) is 7.97. The Labute approximate surface area is 165 Å². The van der Waals surface area contributed by atoms with Crippen LogP contribution in [0.2, 0.25) is 0 Å². The van der Waals surface area contributed by atoms with Crippen molar-refractivity contribution < 1.29 is 9.31 Å². The Morgan fingerprint density at radius 3 is 2.50 bits per heavy atom. The maximum atomic E-state index is 13.0. The molecule has 150 valence electrons. The zero-order valence-electron chi connectivity index (χ0n) is 17.4. The molecule has 0 atom stereocenters. The molecule has 1 saturated heterocycles. The van der Waals surface area contributed by atoms with Crippen LogP contribution in [0.4, 0.5) is 11.5 Å². The molecular formula is C19H28BN5O3. The van der Waals surface area contributed by atoms with Gasteiger partial charge in [0.25, 0.3) is 5.56 Å². The van der Waals surface area contributed by atoms with Crippen molar-refractivity contribution in [1.29, 1.82) is 0 Å². The molecule has 0 bridgehead atoms. The second-order valence-electron chi connectivity index (χ2n) is 8.75. The Hall–Kier alpha value is -2.10. The molecule has 0 amide bonds. The van der Waals surface area contributed by atoms with E-state index in [1.165, 1.54) is 0 Å². The van der Waals surface area contributed by atoms with Gasteiger partial charge in [-0.3, -0.25) is 14.4 Å². The van der Waals surface area contributed by atoms with Gasteiger partial charge in [-0.25, -0.2) is 0 Å². The molecule has 0 aliphatic carbocycles. The van der Waals surface area contributed by atoms with Crippen molar-refractivity contribution in [3.8, 4) is 0 Å². The molecule has 4 rings (SSSR count). The van der Waals surface area contributed by atoms with Gasteiger partial charge in [0.1, 0.15) is 0 Å². The molecule has 0 spiro atoms. The summed E-state index contributed by atoms with van der Waals surface area (Å²) in [7, 11) is 3.09. The van der Waals surface area contributed by atoms with E-state index in [9.17, 15) is 4.79 Å². The lowest BCUT2D eigenvalue weighted by molar-refractivity contribution is 0.00578. The average Bonchev–Trinajstić information content (AvgIpc) is 3.07. The quantitative estimate of drug-likeness (QED) is 0.797. The lowest BCUT2D eigenvalue weighted by Crippen LogP contribution is -2.48. The summed E-state index contributed by atoms with van der Waals surface area (Å²) in [6.07, 6.45) is 1.74. The number of pyridine rings is 1. The number of anilines is 2. The Morgan fingerprint density at radius 1 is 1.14 bits per heavy atom. The van der Waals surface area contributed by atoms with E-state index in [0.717, 1.165) is 31.1 Å². The van der Waals surface area contributed by atoms with Crippen LogP contribution >= 0.6 is 0 Å². The molecule has 1 N–H and O–H groups in total. The molecule has 2 aromatic rings. The third kappa shape index (κ3) is 3.17. The van der Waals surface area contributed by atoms with Crippen LogP contribution in [0, 0.1) is 0 Å². The first-order valence-electron chi connectivity index (χ1n) is 9.65. The van der Waals surface area contributed by atoms with E-state index in [0.29, 0.717) is 11.2 Å². The number of likely N-dealkylation sites (N-methyl/N-ethyl adjacent to an activating group) is 1. The van der Waals surface area contributed by atoms with Crippen molar-refractivity contribution in [1.82, 2.24) is 19.2 Å². The molecule has 2 aliphatic heterocycles. The van der Waals surface area contributed by atoms with Gasteiger partial charge in [0.05, 0.1) is 28.9 Å². The number of aromatic nitrogens is 3. The highest BCUT2D eigenvalue weighted by molar-refractivity contribution is 6.63. The first kappa shape index (κ1) is 19.2. The minimum atomic E-state index is -0.740. The summed E-state index contributed by atoms with van der Waals surface area (Å²) in [6.45, 7) is 10.6. The summed E-state index contributed by atoms with van der Waals surface area (Å²) < 4.78 is 15.9. The number of nitrogens with zero attached hydrogens (tertiary/aromatic N) is 4. The highest BCUT2D eigenvalue weighted by Crippen LogP contribution is 2.36. The summed E-state index contributed by atoms with van der Waals surface area (Å²) in [4.78, 5) is 15.2. The highest BCUT2D eigenvalue weighted by atomic mass is 16.7. The molecule has 0 unspecified atom stereocenters. The van der Waals surface area contributed by atoms with Crippen LogP contribution in [-0.2, 0) is 29.4 Å². The fraction of sp³-hybridized carbons (Fsp3) is 0.579. The third-order valence-corrected chi connectivity index (χ3v) is 6.05. The third-order valence-electron chi connectivity index (χ3n) is 6.05. The van der Waals surface area contributed by atoms with Crippen LogP contribution in [0.25, 0.3) is 0 Å². The van der Waals surface area contributed by atoms with Crippen LogP contribution in [0.1, 0.15) is 33.4 Å². The minimum Gasteiger partial charge on any atom is -0.399 e. The molecule has 0 saturated carbocycles. The summed E-state index contributed by atoms with van der Waals surface area (Å²) in [5.74, 6) is 0.719. The van der Waals surface area contributed by atoms with Gasteiger partial charge in [-0.15, -0.1) is 0 Å². The summed E-state index contributed by atoms with van der Waals surface area (Å²) >= 11 is 0. The van der Waals surface area contributed by atoms with Gasteiger partial charge in [0.15, 0.2) is 5.82 Å². The van der Waals surface area contributed by atoms with E-state index in [4.69, 9.17) is 9.31 Å². The van der Waals surface area contributed by atoms with Gasteiger partial charge in [-0.1, -0.05) is 0 Å². The maximum Gasteiger partial charge on any atom is 0.502 e. The number of hydrogen-bond acceptors (Lipinski definition) is 6. The zero-order chi connectivity index (χ0) is 20.3. The smallest absolute Gasteiger partial charge is 0.399 e. The second kappa shape index (κ2) is 6.47. The maximum absolute atomic E-state index is 13.0. The number of hydrogen-bond donors (Lipinski definition) is 1. The lowest BCUT2D eigenvalue weighted by Gasteiger charge is -2.32. The number of fused-ring (bicyclic) bond motifs is 1. The van der Waals surface area contributed by atoms with Gasteiger partial charge >= 0.3 is 7.12 Å². The predicted molar refractivity (Wildman–Crippen MR) is 109 cm³/mol. The summed E-state index contributed by atoms with van der Waals surface area (Å²) in [5.41, 5.74) is 1.09. The van der Waals surface area contributed by atoms with Crippen LogP contribution in [0.3, 0.4) is 0 Å². The normalized spacial score (nSPS) is 21.0. The Kier molecular flexibility index (Phi) is 4.44. The van der Waals surface area contributed by atoms with E-state index in [2.05, 4.69) is 22.4 Å². The van der Waals surface area contributed by atoms with Crippen molar-refractivity contribution in [3.05, 3.63) is 34.4 Å². The molecule has 2 aromatic heterocycles. The highest BCUT2D eigenvalue weighted by Gasteiger charge is 2.53. The van der Waals surface area contributed by atoms with E-state index >= 15 is 0 Å². The van der Waals surface area contributed by atoms with Crippen molar-refractivity contribution in [2.75, 3.05) is 18.9 Å². The van der Waals surface area contributed by atoms with Crippen LogP contribution in [-0.4, -0.2) is 51.2 Å². The van der Waals surface area contributed by atoms with Crippen molar-refractivity contribution in [3.63, 3.8) is 0 Å². The Bertz CT molecular complexity index is 949. The predicted octanol–water partition coefficient (Wildman–Crippen LogP) is 1.07. The number of rotatable bonds is 3. The monoisotopic (exact) mass is 385 g/mol. The van der Waals surface area contributed by atoms with Gasteiger partial charge in [-0.05, 0) is 40.8 Å². The first-order chi connectivity index (χ1) is 13.1. The number of aryl methyl sites for hydroxylation is 1. The zero-order valence-corrected chi connectivity index (χ0v) is 17.4. The largest absolute Gasteiger partial charge is 0.502 e. The molecule has 0 radical (unpaired) electrons. The van der Waals surface area contributed by atoms with Gasteiger partial charge in [0, 0.05) is 38.1 Å². The minimum absolute atomic E-state index is 0.146. The lowest BCUT2D eigenvalue weighted by atomic mass is 9.78.